The second kappa shape index (κ2) is 7.84. The minimum Gasteiger partial charge on any atom is -0.392 e. The van der Waals surface area contributed by atoms with E-state index in [9.17, 15) is 13.6 Å². The first-order chi connectivity index (χ1) is 14.9. The number of halogens is 2. The van der Waals surface area contributed by atoms with E-state index in [0.717, 1.165) is 6.20 Å². The second-order valence-electron chi connectivity index (χ2n) is 6.87. The molecule has 0 spiro atoms. The summed E-state index contributed by atoms with van der Waals surface area (Å²) in [6.45, 7) is 9.10. The Bertz CT molecular complexity index is 1410. The van der Waals surface area contributed by atoms with Crippen molar-refractivity contribution in [2.24, 2.45) is 0 Å². The number of benzene rings is 1. The van der Waals surface area contributed by atoms with Crippen LogP contribution in [0.3, 0.4) is 0 Å². The van der Waals surface area contributed by atoms with E-state index in [0.29, 0.717) is 16.6 Å². The first-order valence-corrected chi connectivity index (χ1v) is 9.24. The van der Waals surface area contributed by atoms with Crippen LogP contribution in [0.4, 0.5) is 26.1 Å². The molecular formula is C22H16F2N6O. The topological polar surface area (TPSA) is 89.7 Å². The van der Waals surface area contributed by atoms with Crippen LogP contribution >= 0.6 is 0 Å². The standard InChI is InChI=1S/C22H16F2N6O/c1-12(29-21-19(26-2)20(25)27-11-28-21)17-9-16-7-6-15(24)10-30(16)22(31)18(17)13-4-3-5-14(23)8-13/h3-12H,1H3,(H3,25,27,28,29)/t12-/m0/s1. The van der Waals surface area contributed by atoms with Crippen molar-refractivity contribution >= 4 is 22.8 Å². The number of hydrogen-bond donors (Lipinski definition) is 2. The zero-order valence-corrected chi connectivity index (χ0v) is 16.3. The Kier molecular flexibility index (Phi) is 5.05. The molecule has 0 radical (unpaired) electrons. The third-order valence-electron chi connectivity index (χ3n) is 4.86. The number of nitrogens with zero attached hydrogens (tertiary/aromatic N) is 4. The van der Waals surface area contributed by atoms with Crippen molar-refractivity contribution in [3.63, 3.8) is 0 Å². The maximum absolute atomic E-state index is 13.9. The number of hydrogen-bond acceptors (Lipinski definition) is 5. The summed E-state index contributed by atoms with van der Waals surface area (Å²) in [7, 11) is 0. The van der Waals surface area contributed by atoms with E-state index in [2.05, 4.69) is 20.1 Å². The van der Waals surface area contributed by atoms with Crippen molar-refractivity contribution in [1.29, 1.82) is 0 Å². The van der Waals surface area contributed by atoms with Crippen molar-refractivity contribution < 1.29 is 8.78 Å². The number of nitrogens with two attached hydrogens (primary N) is 1. The van der Waals surface area contributed by atoms with Crippen LogP contribution in [0.15, 0.2) is 59.8 Å². The SMILES string of the molecule is [C-]#[N+]c1c(N)ncnc1N[C@@H](C)c1cc2ccc(F)cn2c(=O)c1-c1cccc(F)c1. The molecule has 0 unspecified atom stereocenters. The fourth-order valence-electron chi connectivity index (χ4n) is 3.42. The summed E-state index contributed by atoms with van der Waals surface area (Å²) >= 11 is 0. The number of fused-ring (bicyclic) bond motifs is 1. The first kappa shape index (κ1) is 20.0. The fraction of sp³-hybridized carbons (Fsp3) is 0.0909. The quantitative estimate of drug-likeness (QED) is 0.481. The highest BCUT2D eigenvalue weighted by Gasteiger charge is 2.20. The van der Waals surface area contributed by atoms with Crippen molar-refractivity contribution in [3.8, 4) is 11.1 Å². The lowest BCUT2D eigenvalue weighted by Gasteiger charge is -2.20. The molecule has 0 fully saturated rings. The Morgan fingerprint density at radius 2 is 1.97 bits per heavy atom. The van der Waals surface area contributed by atoms with Crippen LogP contribution in [-0.4, -0.2) is 14.4 Å². The molecule has 3 N–H and O–H groups in total. The number of rotatable bonds is 4. The minimum atomic E-state index is -0.572. The van der Waals surface area contributed by atoms with Gasteiger partial charge in [-0.15, -0.1) is 0 Å². The van der Waals surface area contributed by atoms with Crippen molar-refractivity contribution in [3.05, 3.63) is 94.0 Å². The summed E-state index contributed by atoms with van der Waals surface area (Å²) in [6.07, 6.45) is 2.31. The van der Waals surface area contributed by atoms with Crippen LogP contribution < -0.4 is 16.6 Å². The lowest BCUT2D eigenvalue weighted by molar-refractivity contribution is 0.618. The maximum Gasteiger partial charge on any atom is 0.268 e. The van der Waals surface area contributed by atoms with E-state index < -0.39 is 23.2 Å². The van der Waals surface area contributed by atoms with Gasteiger partial charge in [-0.25, -0.2) is 23.6 Å². The van der Waals surface area contributed by atoms with E-state index >= 15 is 0 Å². The van der Waals surface area contributed by atoms with E-state index in [-0.39, 0.29) is 22.9 Å². The molecule has 1 atom stereocenters. The Hall–Kier alpha value is -4.32. The molecular weight excluding hydrogens is 402 g/mol. The maximum atomic E-state index is 13.9. The molecule has 0 aliphatic heterocycles. The minimum absolute atomic E-state index is 0.0270. The van der Waals surface area contributed by atoms with Gasteiger partial charge in [0.2, 0.25) is 0 Å². The smallest absolute Gasteiger partial charge is 0.268 e. The highest BCUT2D eigenvalue weighted by atomic mass is 19.1. The molecule has 154 valence electrons. The van der Waals surface area contributed by atoms with Gasteiger partial charge in [0.15, 0.2) is 0 Å². The van der Waals surface area contributed by atoms with Gasteiger partial charge < -0.3 is 11.1 Å². The van der Waals surface area contributed by atoms with E-state index in [1.807, 2.05) is 0 Å². The monoisotopic (exact) mass is 418 g/mol. The van der Waals surface area contributed by atoms with Crippen LogP contribution in [0.1, 0.15) is 18.5 Å². The van der Waals surface area contributed by atoms with E-state index in [1.54, 1.807) is 19.1 Å². The zero-order chi connectivity index (χ0) is 22.1. The summed E-state index contributed by atoms with van der Waals surface area (Å²) in [4.78, 5) is 24.6. The molecule has 0 saturated carbocycles. The normalized spacial score (nSPS) is 11.8. The van der Waals surface area contributed by atoms with Crippen molar-refractivity contribution in [2.45, 2.75) is 13.0 Å². The van der Waals surface area contributed by atoms with Gasteiger partial charge in [-0.2, -0.15) is 0 Å². The number of nitrogen functional groups attached to an aromatic ring is 1. The van der Waals surface area contributed by atoms with Crippen LogP contribution in [-0.2, 0) is 0 Å². The molecule has 1 aromatic carbocycles. The number of anilines is 2. The highest BCUT2D eigenvalue weighted by molar-refractivity contribution is 5.77. The van der Waals surface area contributed by atoms with Gasteiger partial charge in [0, 0.05) is 17.8 Å². The third kappa shape index (κ3) is 3.67. The largest absolute Gasteiger partial charge is 0.392 e. The Balaban J connectivity index is 1.93. The summed E-state index contributed by atoms with van der Waals surface area (Å²) < 4.78 is 28.9. The first-order valence-electron chi connectivity index (χ1n) is 9.24. The number of aromatic nitrogens is 3. The third-order valence-corrected chi connectivity index (χ3v) is 4.86. The summed E-state index contributed by atoms with van der Waals surface area (Å²) in [6, 6.07) is 9.53. The van der Waals surface area contributed by atoms with Crippen LogP contribution in [0, 0.1) is 18.2 Å². The predicted octanol–water partition coefficient (Wildman–Crippen LogP) is 4.34. The van der Waals surface area contributed by atoms with E-state index in [4.69, 9.17) is 12.3 Å². The molecule has 0 aliphatic carbocycles. The molecule has 4 aromatic rings. The molecule has 0 aliphatic rings. The Morgan fingerprint density at radius 3 is 2.71 bits per heavy atom. The Morgan fingerprint density at radius 1 is 1.16 bits per heavy atom. The molecule has 3 heterocycles. The molecule has 3 aromatic heterocycles. The summed E-state index contributed by atoms with van der Waals surface area (Å²) in [5, 5.41) is 3.09. The summed E-state index contributed by atoms with van der Waals surface area (Å²) in [5.41, 5.74) is 6.85. The molecule has 0 saturated heterocycles. The van der Waals surface area contributed by atoms with Crippen molar-refractivity contribution in [2.75, 3.05) is 11.1 Å². The van der Waals surface area contributed by atoms with E-state index in [1.165, 1.54) is 41.1 Å². The van der Waals surface area contributed by atoms with Gasteiger partial charge in [0.05, 0.1) is 12.1 Å². The Labute approximate surface area is 175 Å². The zero-order valence-electron chi connectivity index (χ0n) is 16.3. The molecule has 9 heteroatoms. The summed E-state index contributed by atoms with van der Waals surface area (Å²) in [5.74, 6) is -0.845. The fourth-order valence-corrected chi connectivity index (χ4v) is 3.42. The predicted molar refractivity (Wildman–Crippen MR) is 114 cm³/mol. The highest BCUT2D eigenvalue weighted by Crippen LogP contribution is 2.33. The van der Waals surface area contributed by atoms with Gasteiger partial charge in [-0.1, -0.05) is 12.1 Å². The van der Waals surface area contributed by atoms with Gasteiger partial charge in [-0.3, -0.25) is 9.20 Å². The second-order valence-corrected chi connectivity index (χ2v) is 6.87. The molecule has 7 nitrogen and oxygen atoms in total. The number of nitrogens with one attached hydrogen (secondary N) is 1. The van der Waals surface area contributed by atoms with Crippen LogP contribution in [0.5, 0.6) is 0 Å². The average molecular weight is 418 g/mol. The van der Waals surface area contributed by atoms with Gasteiger partial charge >= 0.3 is 0 Å². The van der Waals surface area contributed by atoms with Crippen LogP contribution in [0.2, 0.25) is 0 Å². The lowest BCUT2D eigenvalue weighted by Crippen LogP contribution is -2.21. The van der Waals surface area contributed by atoms with Gasteiger partial charge in [0.25, 0.3) is 11.2 Å². The molecule has 0 amide bonds. The number of pyridine rings is 2. The average Bonchev–Trinajstić information content (AvgIpc) is 2.74. The van der Waals surface area contributed by atoms with Crippen molar-refractivity contribution in [1.82, 2.24) is 14.4 Å². The molecule has 31 heavy (non-hydrogen) atoms. The van der Waals surface area contributed by atoms with Crippen LogP contribution in [0.25, 0.3) is 21.5 Å². The van der Waals surface area contributed by atoms with Gasteiger partial charge in [-0.05, 0) is 48.4 Å². The lowest BCUT2D eigenvalue weighted by atomic mass is 9.96. The molecule has 0 bridgehead atoms. The molecule has 4 rings (SSSR count). The van der Waals surface area contributed by atoms with Gasteiger partial charge in [0.1, 0.15) is 29.6 Å².